The van der Waals surface area contributed by atoms with Gasteiger partial charge in [-0.2, -0.15) is 0 Å². The number of carbonyl (C=O) groups excluding carboxylic acids is 1. The molecule has 1 saturated carbocycles. The van der Waals surface area contributed by atoms with E-state index in [-0.39, 0.29) is 23.9 Å². The van der Waals surface area contributed by atoms with Gasteiger partial charge in [-0.3, -0.25) is 4.79 Å². The molecule has 1 fully saturated rings. The zero-order valence-corrected chi connectivity index (χ0v) is 10.6. The Hall–Kier alpha value is -1.45. The number of benzene rings is 1. The molecule has 1 aromatic carbocycles. The van der Waals surface area contributed by atoms with Gasteiger partial charge in [0.2, 0.25) is 5.91 Å². The third-order valence-corrected chi connectivity index (χ3v) is 3.67. The molecule has 1 aromatic rings. The fourth-order valence-corrected chi connectivity index (χ4v) is 2.07. The molecule has 1 unspecified atom stereocenters. The van der Waals surface area contributed by atoms with Crippen molar-refractivity contribution < 1.29 is 13.6 Å². The lowest BCUT2D eigenvalue weighted by Crippen LogP contribution is -2.37. The van der Waals surface area contributed by atoms with Gasteiger partial charge in [0.15, 0.2) is 0 Å². The summed E-state index contributed by atoms with van der Waals surface area (Å²) in [5, 5.41) is 0. The van der Waals surface area contributed by atoms with Crippen LogP contribution in [0.3, 0.4) is 0 Å². The number of nitrogens with zero attached hydrogens (tertiary/aromatic N) is 1. The molecule has 0 N–H and O–H groups in total. The summed E-state index contributed by atoms with van der Waals surface area (Å²) in [6.45, 7) is 2.01. The minimum Gasteiger partial charge on any atom is -0.342 e. The van der Waals surface area contributed by atoms with Gasteiger partial charge in [0.05, 0.1) is 6.42 Å². The first-order valence-electron chi connectivity index (χ1n) is 6.18. The molecular formula is C14H17F2NO. The third-order valence-electron chi connectivity index (χ3n) is 3.67. The molecule has 0 radical (unpaired) electrons. The maximum absolute atomic E-state index is 13.4. The Morgan fingerprint density at radius 1 is 1.44 bits per heavy atom. The van der Waals surface area contributed by atoms with Crippen LogP contribution in [0.15, 0.2) is 18.2 Å². The van der Waals surface area contributed by atoms with Crippen LogP contribution in [0, 0.1) is 17.6 Å². The summed E-state index contributed by atoms with van der Waals surface area (Å²) in [6.07, 6.45) is 2.30. The number of amides is 1. The molecule has 0 heterocycles. The van der Waals surface area contributed by atoms with Gasteiger partial charge in [0, 0.05) is 19.2 Å². The van der Waals surface area contributed by atoms with Crippen LogP contribution in [0.25, 0.3) is 0 Å². The molecule has 0 aromatic heterocycles. The van der Waals surface area contributed by atoms with E-state index in [1.807, 2.05) is 6.92 Å². The predicted molar refractivity (Wildman–Crippen MR) is 65.0 cm³/mol. The average Bonchev–Trinajstić information content (AvgIpc) is 3.14. The SMILES string of the molecule is CC(C1CC1)N(C)C(=O)Cc1ccc(F)cc1F. The Morgan fingerprint density at radius 2 is 2.11 bits per heavy atom. The summed E-state index contributed by atoms with van der Waals surface area (Å²) in [5.74, 6) is -0.823. The van der Waals surface area contributed by atoms with Crippen molar-refractivity contribution >= 4 is 5.91 Å². The van der Waals surface area contributed by atoms with Crippen molar-refractivity contribution in [2.75, 3.05) is 7.05 Å². The van der Waals surface area contributed by atoms with Gasteiger partial charge in [-0.25, -0.2) is 8.78 Å². The van der Waals surface area contributed by atoms with E-state index in [2.05, 4.69) is 0 Å². The van der Waals surface area contributed by atoms with Crippen LogP contribution < -0.4 is 0 Å². The van der Waals surface area contributed by atoms with Gasteiger partial charge in [-0.05, 0) is 37.3 Å². The van der Waals surface area contributed by atoms with Crippen LogP contribution in [0.2, 0.25) is 0 Å². The second kappa shape index (κ2) is 5.04. The van der Waals surface area contributed by atoms with Crippen molar-refractivity contribution in [1.82, 2.24) is 4.90 Å². The van der Waals surface area contributed by atoms with Crippen molar-refractivity contribution in [2.24, 2.45) is 5.92 Å². The molecule has 1 atom stereocenters. The van der Waals surface area contributed by atoms with Crippen molar-refractivity contribution in [1.29, 1.82) is 0 Å². The van der Waals surface area contributed by atoms with Crippen molar-refractivity contribution in [3.8, 4) is 0 Å². The number of hydrogen-bond acceptors (Lipinski definition) is 1. The summed E-state index contributed by atoms with van der Waals surface area (Å²) < 4.78 is 26.2. The van der Waals surface area contributed by atoms with E-state index in [0.717, 1.165) is 18.9 Å². The Morgan fingerprint density at radius 3 is 2.67 bits per heavy atom. The molecule has 0 spiro atoms. The van der Waals surface area contributed by atoms with Crippen LogP contribution in [-0.2, 0) is 11.2 Å². The fourth-order valence-electron chi connectivity index (χ4n) is 2.07. The van der Waals surface area contributed by atoms with E-state index in [4.69, 9.17) is 0 Å². The first-order valence-corrected chi connectivity index (χ1v) is 6.18. The van der Waals surface area contributed by atoms with E-state index in [0.29, 0.717) is 5.92 Å². The van der Waals surface area contributed by atoms with Gasteiger partial charge in [-0.15, -0.1) is 0 Å². The largest absolute Gasteiger partial charge is 0.342 e. The Labute approximate surface area is 106 Å². The second-order valence-electron chi connectivity index (χ2n) is 5.00. The topological polar surface area (TPSA) is 20.3 Å². The monoisotopic (exact) mass is 253 g/mol. The standard InChI is InChI=1S/C14H17F2NO/c1-9(10-3-4-10)17(2)14(18)7-11-5-6-12(15)8-13(11)16/h5-6,8-10H,3-4,7H2,1-2H3. The van der Waals surface area contributed by atoms with Gasteiger partial charge in [-0.1, -0.05) is 6.07 Å². The average molecular weight is 253 g/mol. The number of carbonyl (C=O) groups is 1. The molecule has 0 saturated heterocycles. The summed E-state index contributed by atoms with van der Waals surface area (Å²) in [4.78, 5) is 13.7. The van der Waals surface area contributed by atoms with Crippen LogP contribution in [0.4, 0.5) is 8.78 Å². The molecule has 1 amide bonds. The minimum absolute atomic E-state index is 0.0142. The van der Waals surface area contributed by atoms with Crippen molar-refractivity contribution in [3.63, 3.8) is 0 Å². The number of hydrogen-bond donors (Lipinski definition) is 0. The van der Waals surface area contributed by atoms with Crippen molar-refractivity contribution in [3.05, 3.63) is 35.4 Å². The quantitative estimate of drug-likeness (QED) is 0.808. The summed E-state index contributed by atoms with van der Waals surface area (Å²) in [7, 11) is 1.74. The highest BCUT2D eigenvalue weighted by Gasteiger charge is 2.32. The van der Waals surface area contributed by atoms with E-state index in [1.54, 1.807) is 11.9 Å². The predicted octanol–water partition coefficient (Wildman–Crippen LogP) is 2.76. The number of halogens is 2. The first-order chi connectivity index (χ1) is 8.49. The molecule has 1 aliphatic rings. The molecule has 1 aliphatic carbocycles. The van der Waals surface area contributed by atoms with E-state index >= 15 is 0 Å². The second-order valence-corrected chi connectivity index (χ2v) is 5.00. The Bertz CT molecular complexity index is 457. The van der Waals surface area contributed by atoms with Crippen LogP contribution in [-0.4, -0.2) is 23.9 Å². The number of rotatable bonds is 4. The molecule has 0 bridgehead atoms. The summed E-state index contributed by atoms with van der Waals surface area (Å²) in [6, 6.07) is 3.52. The Kier molecular flexibility index (Phi) is 3.64. The molecule has 98 valence electrons. The first kappa shape index (κ1) is 13.0. The molecule has 4 heteroatoms. The van der Waals surface area contributed by atoms with Crippen LogP contribution in [0.5, 0.6) is 0 Å². The molecule has 18 heavy (non-hydrogen) atoms. The normalized spacial score (nSPS) is 16.4. The fraction of sp³-hybridized carbons (Fsp3) is 0.500. The molecule has 2 nitrogen and oxygen atoms in total. The lowest BCUT2D eigenvalue weighted by molar-refractivity contribution is -0.131. The lowest BCUT2D eigenvalue weighted by atomic mass is 10.1. The lowest BCUT2D eigenvalue weighted by Gasteiger charge is -2.25. The zero-order chi connectivity index (χ0) is 13.3. The highest BCUT2D eigenvalue weighted by atomic mass is 19.1. The Balaban J connectivity index is 2.01. The highest BCUT2D eigenvalue weighted by Crippen LogP contribution is 2.34. The van der Waals surface area contributed by atoms with E-state index < -0.39 is 11.6 Å². The van der Waals surface area contributed by atoms with Gasteiger partial charge < -0.3 is 4.90 Å². The maximum atomic E-state index is 13.4. The highest BCUT2D eigenvalue weighted by molar-refractivity contribution is 5.78. The number of likely N-dealkylation sites (N-methyl/N-ethyl adjacent to an activating group) is 1. The molecule has 0 aliphatic heterocycles. The summed E-state index contributed by atoms with van der Waals surface area (Å²) in [5.41, 5.74) is 0.247. The van der Waals surface area contributed by atoms with Gasteiger partial charge >= 0.3 is 0 Å². The third kappa shape index (κ3) is 2.86. The molecule has 2 rings (SSSR count). The minimum atomic E-state index is -0.657. The van der Waals surface area contributed by atoms with Crippen LogP contribution in [0.1, 0.15) is 25.3 Å². The van der Waals surface area contributed by atoms with Crippen molar-refractivity contribution in [2.45, 2.75) is 32.2 Å². The summed E-state index contributed by atoms with van der Waals surface area (Å²) >= 11 is 0. The van der Waals surface area contributed by atoms with Crippen LogP contribution >= 0.6 is 0 Å². The maximum Gasteiger partial charge on any atom is 0.227 e. The van der Waals surface area contributed by atoms with E-state index in [9.17, 15) is 13.6 Å². The van der Waals surface area contributed by atoms with Gasteiger partial charge in [0.25, 0.3) is 0 Å². The van der Waals surface area contributed by atoms with Gasteiger partial charge in [0.1, 0.15) is 11.6 Å². The smallest absolute Gasteiger partial charge is 0.227 e. The zero-order valence-electron chi connectivity index (χ0n) is 10.6. The molecular weight excluding hydrogens is 236 g/mol. The van der Waals surface area contributed by atoms with E-state index in [1.165, 1.54) is 12.1 Å².